The van der Waals surface area contributed by atoms with Gasteiger partial charge in [-0.15, -0.1) is 0 Å². The first-order valence-electron chi connectivity index (χ1n) is 8.53. The first kappa shape index (κ1) is 19.8. The number of esters is 1. The molecule has 1 heterocycles. The van der Waals surface area contributed by atoms with Crippen LogP contribution in [0.5, 0.6) is 5.75 Å². The number of para-hydroxylation sites is 1. The first-order chi connectivity index (χ1) is 13.2. The molecule has 2 aromatic carbocycles. The Kier molecular flexibility index (Phi) is 5.39. The van der Waals surface area contributed by atoms with Crippen LogP contribution < -0.4 is 14.8 Å². The molecule has 0 radical (unpaired) electrons. The third kappa shape index (κ3) is 3.85. The Bertz CT molecular complexity index is 1030. The number of benzene rings is 2. The fourth-order valence-corrected chi connectivity index (χ4v) is 3.81. The highest BCUT2D eigenvalue weighted by Gasteiger charge is 2.30. The van der Waals surface area contributed by atoms with E-state index >= 15 is 0 Å². The molecular formula is C19H20N2O6S. The quantitative estimate of drug-likeness (QED) is 0.755. The highest BCUT2D eigenvalue weighted by Crippen LogP contribution is 2.28. The number of nitrogens with two attached hydrogens (primary N) is 1. The Labute approximate surface area is 162 Å². The monoisotopic (exact) mass is 404 g/mol. The van der Waals surface area contributed by atoms with E-state index in [0.29, 0.717) is 6.54 Å². The lowest BCUT2D eigenvalue weighted by Crippen LogP contribution is -2.39. The van der Waals surface area contributed by atoms with Crippen LogP contribution in [0.25, 0.3) is 0 Å². The van der Waals surface area contributed by atoms with E-state index in [0.717, 1.165) is 23.7 Å². The molecule has 148 valence electrons. The Hall–Kier alpha value is -2.91. The van der Waals surface area contributed by atoms with Gasteiger partial charge in [-0.05, 0) is 43.2 Å². The van der Waals surface area contributed by atoms with E-state index in [9.17, 15) is 18.0 Å². The maximum atomic E-state index is 12.7. The van der Waals surface area contributed by atoms with Crippen molar-refractivity contribution in [3.63, 3.8) is 0 Å². The van der Waals surface area contributed by atoms with Gasteiger partial charge in [0.25, 0.3) is 5.91 Å². The van der Waals surface area contributed by atoms with Crippen molar-refractivity contribution in [2.75, 3.05) is 18.6 Å². The van der Waals surface area contributed by atoms with Gasteiger partial charge < -0.3 is 14.4 Å². The van der Waals surface area contributed by atoms with Crippen LogP contribution in [0.3, 0.4) is 0 Å². The van der Waals surface area contributed by atoms with Crippen molar-refractivity contribution >= 4 is 27.6 Å². The number of anilines is 1. The fraction of sp³-hybridized carbons (Fsp3) is 0.263. The van der Waals surface area contributed by atoms with Crippen molar-refractivity contribution in [2.24, 2.45) is 5.14 Å². The molecule has 2 N–H and O–H groups in total. The van der Waals surface area contributed by atoms with Gasteiger partial charge in [0, 0.05) is 12.2 Å². The van der Waals surface area contributed by atoms with Crippen molar-refractivity contribution < 1.29 is 27.5 Å². The number of sulfonamides is 1. The molecule has 9 heteroatoms. The molecule has 1 atom stereocenters. The van der Waals surface area contributed by atoms with Crippen molar-refractivity contribution in [3.8, 4) is 5.75 Å². The molecule has 1 aliphatic rings. The zero-order valence-corrected chi connectivity index (χ0v) is 16.2. The third-order valence-electron chi connectivity index (χ3n) is 4.49. The van der Waals surface area contributed by atoms with Crippen LogP contribution in [0.2, 0.25) is 0 Å². The standard InChI is InChI=1S/C19H20N2O6S/c1-12(18(22)21-10-9-13-5-3-4-6-15(13)21)27-19(23)14-7-8-16(26-2)17(11-14)28(20,24)25/h3-8,11-12H,9-10H2,1-2H3,(H2,20,24,25). The van der Waals surface area contributed by atoms with Crippen LogP contribution in [0.1, 0.15) is 22.8 Å². The molecule has 0 spiro atoms. The van der Waals surface area contributed by atoms with E-state index < -0.39 is 22.1 Å². The average molecular weight is 404 g/mol. The lowest BCUT2D eigenvalue weighted by molar-refractivity contribution is -0.126. The molecule has 0 aromatic heterocycles. The first-order valence-corrected chi connectivity index (χ1v) is 10.1. The number of amides is 1. The van der Waals surface area contributed by atoms with Crippen molar-refractivity contribution in [2.45, 2.75) is 24.3 Å². The van der Waals surface area contributed by atoms with Crippen LogP contribution in [0.15, 0.2) is 47.4 Å². The number of carbonyl (C=O) groups excluding carboxylic acids is 2. The minimum absolute atomic E-state index is 0.0110. The summed E-state index contributed by atoms with van der Waals surface area (Å²) in [7, 11) is -2.81. The van der Waals surface area contributed by atoms with Gasteiger partial charge in [-0.1, -0.05) is 18.2 Å². The number of carbonyl (C=O) groups is 2. The van der Waals surface area contributed by atoms with E-state index in [4.69, 9.17) is 14.6 Å². The molecule has 0 fully saturated rings. The van der Waals surface area contributed by atoms with E-state index in [2.05, 4.69) is 0 Å². The van der Waals surface area contributed by atoms with E-state index in [1.54, 1.807) is 4.90 Å². The summed E-state index contributed by atoms with van der Waals surface area (Å²) in [5, 5.41) is 5.16. The second-order valence-electron chi connectivity index (χ2n) is 6.33. The van der Waals surface area contributed by atoms with Gasteiger partial charge in [-0.25, -0.2) is 18.4 Å². The Morgan fingerprint density at radius 2 is 1.89 bits per heavy atom. The molecule has 1 unspecified atom stereocenters. The summed E-state index contributed by atoms with van der Waals surface area (Å²) in [4.78, 5) is 26.4. The Balaban J connectivity index is 1.77. The topological polar surface area (TPSA) is 116 Å². The van der Waals surface area contributed by atoms with Gasteiger partial charge in [0.15, 0.2) is 6.10 Å². The van der Waals surface area contributed by atoms with Crippen LogP contribution in [0, 0.1) is 0 Å². The fourth-order valence-electron chi connectivity index (χ4n) is 3.09. The highest BCUT2D eigenvalue weighted by molar-refractivity contribution is 7.89. The van der Waals surface area contributed by atoms with Crippen LogP contribution >= 0.6 is 0 Å². The summed E-state index contributed by atoms with van der Waals surface area (Å²) in [6.45, 7) is 1.99. The molecule has 8 nitrogen and oxygen atoms in total. The summed E-state index contributed by atoms with van der Waals surface area (Å²) < 4.78 is 33.6. The van der Waals surface area contributed by atoms with Crippen molar-refractivity contribution in [3.05, 3.63) is 53.6 Å². The number of nitrogens with zero attached hydrogens (tertiary/aromatic N) is 1. The molecule has 0 saturated carbocycles. The lowest BCUT2D eigenvalue weighted by atomic mass is 10.2. The number of hydrogen-bond acceptors (Lipinski definition) is 6. The van der Waals surface area contributed by atoms with Crippen molar-refractivity contribution in [1.82, 2.24) is 0 Å². The zero-order valence-electron chi connectivity index (χ0n) is 15.4. The van der Waals surface area contributed by atoms with Gasteiger partial charge in [-0.3, -0.25) is 4.79 Å². The maximum Gasteiger partial charge on any atom is 0.338 e. The van der Waals surface area contributed by atoms with Crippen LogP contribution in [-0.4, -0.2) is 40.1 Å². The number of hydrogen-bond donors (Lipinski definition) is 1. The van der Waals surface area contributed by atoms with Crippen LogP contribution in [-0.2, 0) is 26.0 Å². The summed E-state index contributed by atoms with van der Waals surface area (Å²) in [5.74, 6) is -1.17. The number of fused-ring (bicyclic) bond motifs is 1. The number of ether oxygens (including phenoxy) is 2. The Morgan fingerprint density at radius 3 is 2.57 bits per heavy atom. The summed E-state index contributed by atoms with van der Waals surface area (Å²) in [6.07, 6.45) is -0.308. The van der Waals surface area contributed by atoms with Gasteiger partial charge in [-0.2, -0.15) is 0 Å². The van der Waals surface area contributed by atoms with Gasteiger partial charge in [0.2, 0.25) is 10.0 Å². The molecular weight excluding hydrogens is 384 g/mol. The number of methoxy groups -OCH3 is 1. The van der Waals surface area contributed by atoms with Crippen LogP contribution in [0.4, 0.5) is 5.69 Å². The van der Waals surface area contributed by atoms with E-state index in [-0.39, 0.29) is 22.1 Å². The normalized spacial score (nSPS) is 14.3. The number of rotatable bonds is 5. The van der Waals surface area contributed by atoms with Gasteiger partial charge in [0.1, 0.15) is 10.6 Å². The SMILES string of the molecule is COc1ccc(C(=O)OC(C)C(=O)N2CCc3ccccc32)cc1S(N)(=O)=O. The molecule has 1 aliphatic heterocycles. The third-order valence-corrected chi connectivity index (χ3v) is 5.42. The summed E-state index contributed by atoms with van der Waals surface area (Å²) >= 11 is 0. The molecule has 28 heavy (non-hydrogen) atoms. The smallest absolute Gasteiger partial charge is 0.338 e. The summed E-state index contributed by atoms with van der Waals surface area (Å²) in [5.41, 5.74) is 1.81. The molecule has 0 bridgehead atoms. The second-order valence-corrected chi connectivity index (χ2v) is 7.86. The minimum atomic E-state index is -4.10. The maximum absolute atomic E-state index is 12.7. The Morgan fingerprint density at radius 1 is 1.18 bits per heavy atom. The predicted octanol–water partition coefficient (Wildman–Crippen LogP) is 1.48. The average Bonchev–Trinajstić information content (AvgIpc) is 3.10. The molecule has 3 rings (SSSR count). The number of primary sulfonamides is 1. The minimum Gasteiger partial charge on any atom is -0.495 e. The van der Waals surface area contributed by atoms with E-state index in [1.165, 1.54) is 26.2 Å². The zero-order chi connectivity index (χ0) is 20.5. The van der Waals surface area contributed by atoms with Gasteiger partial charge >= 0.3 is 5.97 Å². The molecule has 0 saturated heterocycles. The van der Waals surface area contributed by atoms with Crippen molar-refractivity contribution in [1.29, 1.82) is 0 Å². The summed E-state index contributed by atoms with van der Waals surface area (Å²) in [6, 6.07) is 11.3. The van der Waals surface area contributed by atoms with Gasteiger partial charge in [0.05, 0.1) is 12.7 Å². The molecule has 0 aliphatic carbocycles. The van der Waals surface area contributed by atoms with E-state index in [1.807, 2.05) is 24.3 Å². The lowest BCUT2D eigenvalue weighted by Gasteiger charge is -2.21. The predicted molar refractivity (Wildman–Crippen MR) is 102 cm³/mol. The largest absolute Gasteiger partial charge is 0.495 e. The highest BCUT2D eigenvalue weighted by atomic mass is 32.2. The molecule has 2 aromatic rings. The second kappa shape index (κ2) is 7.61. The molecule has 1 amide bonds.